The summed E-state index contributed by atoms with van der Waals surface area (Å²) in [6.45, 7) is 45.1. The van der Waals surface area contributed by atoms with Crippen LogP contribution in [-0.4, -0.2) is 11.6 Å². The van der Waals surface area contributed by atoms with Crippen LogP contribution in [0.2, 0.25) is 0 Å². The lowest BCUT2D eigenvalue weighted by atomic mass is 9.92. The number of carbonyl (C=O) groups is 2. The summed E-state index contributed by atoms with van der Waals surface area (Å²) in [6, 6.07) is 39.2. The lowest BCUT2D eigenvalue weighted by Crippen LogP contribution is -2.00. The van der Waals surface area contributed by atoms with Crippen LogP contribution in [0.5, 0.6) is 0 Å². The largest absolute Gasteiger partial charge is 0.290 e. The van der Waals surface area contributed by atoms with E-state index in [1.54, 1.807) is 103 Å². The second kappa shape index (κ2) is 15.3. The quantitative estimate of drug-likeness (QED) is 0.128. The highest BCUT2D eigenvalue weighted by molar-refractivity contribution is 6.41. The van der Waals surface area contributed by atoms with Crippen molar-refractivity contribution >= 4 is 56.6 Å². The lowest BCUT2D eigenvalue weighted by molar-refractivity contribution is 0.103. The molecule has 4 aliphatic rings. The molecule has 10 rings (SSSR count). The zero-order valence-electron chi connectivity index (χ0n) is 32.9. The summed E-state index contributed by atoms with van der Waals surface area (Å²) in [5, 5.41) is 19.4. The molecule has 0 amide bonds. The summed E-state index contributed by atoms with van der Waals surface area (Å²) >= 11 is 0. The highest BCUT2D eigenvalue weighted by Crippen LogP contribution is 2.52. The van der Waals surface area contributed by atoms with Gasteiger partial charge in [0.15, 0.2) is 22.9 Å². The van der Waals surface area contributed by atoms with Crippen LogP contribution < -0.4 is 0 Å². The maximum absolute atomic E-state index is 12.9. The number of rotatable bonds is 2. The average Bonchev–Trinajstić information content (AvgIpc) is 4.03. The number of nitrogens with zero attached hydrogens (tertiary/aromatic N) is 8. The van der Waals surface area contributed by atoms with Gasteiger partial charge in [-0.3, -0.25) is 9.59 Å². The molecule has 0 bridgehead atoms. The van der Waals surface area contributed by atoms with E-state index in [-0.39, 0.29) is 23.0 Å². The predicted molar refractivity (Wildman–Crippen MR) is 241 cm³/mol. The van der Waals surface area contributed by atoms with Gasteiger partial charge in [0.25, 0.3) is 11.4 Å². The van der Waals surface area contributed by atoms with Gasteiger partial charge in [0, 0.05) is 27.8 Å². The zero-order valence-corrected chi connectivity index (χ0v) is 32.9. The highest BCUT2D eigenvalue weighted by atomic mass is 16.1. The van der Waals surface area contributed by atoms with E-state index in [4.69, 9.17) is 39.4 Å². The van der Waals surface area contributed by atoms with Crippen LogP contribution in [0.25, 0.3) is 85.0 Å². The molecule has 0 saturated carbocycles. The maximum Gasteiger partial charge on any atom is 0.270 e. The van der Waals surface area contributed by atoms with E-state index in [2.05, 4.69) is 29.1 Å². The molecule has 0 unspecified atom stereocenters. The molecule has 0 heterocycles. The Kier molecular flexibility index (Phi) is 9.32. The monoisotopic (exact) mass is 812 g/mol. The number of nitriles is 2. The molecule has 6 aromatic rings. The summed E-state index contributed by atoms with van der Waals surface area (Å²) < 4.78 is 0. The molecule has 288 valence electrons. The van der Waals surface area contributed by atoms with Crippen LogP contribution in [0, 0.1) is 62.1 Å². The molecule has 64 heavy (non-hydrogen) atoms. The standard InChI is InChI=1S/C30H10N6.C24H10N2O2/c1-33-18-10-12-20-19-11-9-17(13-23(19)28(24(20)14-18)25(15-31)34-2)27-29(26(16-32)35-3)21-7-5-6-8-22(21)30(27)36-4;1-25-14-8-10-16-15-9-7-13(11-19(15)23(27)20(16)12-14)21-22(26-2)17-5-3-4-6-18(17)24(21)28/h5-14H;3-12H/b28-25-,29-26-;. The van der Waals surface area contributed by atoms with Gasteiger partial charge in [0.05, 0.1) is 51.6 Å². The topological polar surface area (TPSA) is 108 Å². The van der Waals surface area contributed by atoms with Crippen molar-refractivity contribution in [1.29, 1.82) is 10.5 Å². The van der Waals surface area contributed by atoms with Gasteiger partial charge in [-0.2, -0.15) is 0 Å². The Morgan fingerprint density at radius 3 is 1.36 bits per heavy atom. The first-order valence-electron chi connectivity index (χ1n) is 19.1. The fourth-order valence-corrected chi connectivity index (χ4v) is 8.74. The number of hydrogen-bond acceptors (Lipinski definition) is 4. The summed E-state index contributed by atoms with van der Waals surface area (Å²) in [5.41, 5.74) is 11.9. The van der Waals surface area contributed by atoms with Crippen molar-refractivity contribution in [3.63, 3.8) is 0 Å². The first-order chi connectivity index (χ1) is 31.2. The first kappa shape index (κ1) is 39.0. The van der Waals surface area contributed by atoms with Gasteiger partial charge in [-0.05, 0) is 96.6 Å². The third-order valence-electron chi connectivity index (χ3n) is 11.5. The number of allylic oxidation sites excluding steroid dienone is 5. The summed E-state index contributed by atoms with van der Waals surface area (Å²) in [7, 11) is 0. The van der Waals surface area contributed by atoms with E-state index in [0.717, 1.165) is 22.3 Å². The van der Waals surface area contributed by atoms with Crippen molar-refractivity contribution in [3.05, 3.63) is 257 Å². The van der Waals surface area contributed by atoms with E-state index < -0.39 is 0 Å². The minimum atomic E-state index is -0.195. The Hall–Kier alpha value is -10.5. The molecule has 0 radical (unpaired) electrons. The SMILES string of the molecule is [C-]#[N+]C1=C(c2ccc3c(c2)/C(=C(\C#N)[N+]#[C-])c2cc([N+]#[C-])ccc2-3)/C(=C(/C#N)[N+]#[C-])c2ccccc21.[C-]#[N+]C1=C(c2ccc3c(c2)C(=O)c2cc([N+]#[C-])ccc2-3)C(=O)c2ccccc21. The number of ketones is 2. The number of hydrogen-bond donors (Lipinski definition) is 0. The Morgan fingerprint density at radius 2 is 0.812 bits per heavy atom. The minimum Gasteiger partial charge on any atom is -0.290 e. The highest BCUT2D eigenvalue weighted by Gasteiger charge is 2.35. The van der Waals surface area contributed by atoms with Crippen molar-refractivity contribution in [3.8, 4) is 34.4 Å². The molecule has 4 aliphatic carbocycles. The molecule has 6 aromatic carbocycles. The normalized spacial score (nSPS) is 14.4. The molecule has 0 atom stereocenters. The minimum absolute atomic E-state index is 0.0991. The zero-order chi connectivity index (χ0) is 44.8. The van der Waals surface area contributed by atoms with Crippen LogP contribution in [-0.2, 0) is 0 Å². The van der Waals surface area contributed by atoms with Gasteiger partial charge in [-0.25, -0.2) is 39.6 Å². The van der Waals surface area contributed by atoms with E-state index >= 15 is 0 Å². The Balaban J connectivity index is 0.000000167. The average molecular weight is 813 g/mol. The summed E-state index contributed by atoms with van der Waals surface area (Å²) in [6.07, 6.45) is 0. The van der Waals surface area contributed by atoms with Crippen LogP contribution in [0.1, 0.15) is 65.2 Å². The Morgan fingerprint density at radius 1 is 0.391 bits per heavy atom. The van der Waals surface area contributed by atoms with Gasteiger partial charge in [0.2, 0.25) is 11.4 Å². The fourth-order valence-electron chi connectivity index (χ4n) is 8.74. The van der Waals surface area contributed by atoms with Crippen LogP contribution >= 0.6 is 0 Å². The third kappa shape index (κ3) is 5.73. The molecule has 10 heteroatoms. The molecule has 0 spiro atoms. The molecular weight excluding hydrogens is 793 g/mol. The molecule has 0 aromatic heterocycles. The first-order valence-corrected chi connectivity index (χ1v) is 19.1. The molecule has 0 aliphatic heterocycles. The van der Waals surface area contributed by atoms with Crippen LogP contribution in [0.4, 0.5) is 11.4 Å². The van der Waals surface area contributed by atoms with Gasteiger partial charge in [-0.15, -0.1) is 0 Å². The Bertz CT molecular complexity index is 3710. The molecule has 0 fully saturated rings. The van der Waals surface area contributed by atoms with Crippen LogP contribution in [0.3, 0.4) is 0 Å². The number of benzene rings is 6. The summed E-state index contributed by atoms with van der Waals surface area (Å²) in [5.74, 6) is -0.356. The Labute approximate surface area is 366 Å². The second-order valence-electron chi connectivity index (χ2n) is 14.5. The van der Waals surface area contributed by atoms with E-state index in [0.29, 0.717) is 101 Å². The van der Waals surface area contributed by atoms with E-state index in [1.165, 1.54) is 0 Å². The second-order valence-corrected chi connectivity index (χ2v) is 14.5. The van der Waals surface area contributed by atoms with E-state index in [9.17, 15) is 20.1 Å². The van der Waals surface area contributed by atoms with Crippen molar-refractivity contribution < 1.29 is 9.59 Å². The fraction of sp³-hybridized carbons (Fsp3) is 0. The predicted octanol–water partition coefficient (Wildman–Crippen LogP) is 12.8. The number of Topliss-reactive ketones (excluding diaryl/α,β-unsaturated/α-hetero) is 1. The molecule has 0 saturated heterocycles. The van der Waals surface area contributed by atoms with Crippen molar-refractivity contribution in [2.75, 3.05) is 0 Å². The van der Waals surface area contributed by atoms with Gasteiger partial charge < -0.3 is 0 Å². The third-order valence-corrected chi connectivity index (χ3v) is 11.5. The van der Waals surface area contributed by atoms with Gasteiger partial charge >= 0.3 is 0 Å². The number of fused-ring (bicyclic) bond motifs is 8. The van der Waals surface area contributed by atoms with Gasteiger partial charge in [0.1, 0.15) is 0 Å². The molecule has 0 N–H and O–H groups in total. The summed E-state index contributed by atoms with van der Waals surface area (Å²) in [4.78, 5) is 47.0. The maximum atomic E-state index is 12.9. The van der Waals surface area contributed by atoms with Crippen LogP contribution in [0.15, 0.2) is 133 Å². The lowest BCUT2D eigenvalue weighted by Gasteiger charge is -2.12. The number of carbonyl (C=O) groups excluding carboxylic acids is 2. The van der Waals surface area contributed by atoms with Crippen molar-refractivity contribution in [2.45, 2.75) is 0 Å². The molecular formula is C54H20N8O2. The smallest absolute Gasteiger partial charge is 0.270 e. The van der Waals surface area contributed by atoms with Crippen molar-refractivity contribution in [1.82, 2.24) is 0 Å². The van der Waals surface area contributed by atoms with E-state index in [1.807, 2.05) is 30.3 Å². The van der Waals surface area contributed by atoms with Crippen molar-refractivity contribution in [2.24, 2.45) is 0 Å². The molecule has 10 nitrogen and oxygen atoms in total. The van der Waals surface area contributed by atoms with Gasteiger partial charge in [-0.1, -0.05) is 97.1 Å².